The molecular formula is C6H9NS2. The monoisotopic (exact) mass is 159 g/mol. The molecular weight excluding hydrogens is 150 g/mol. The molecule has 1 heterocycles. The number of hydrogen-bond acceptors (Lipinski definition) is 2. The second-order valence-corrected chi connectivity index (χ2v) is 3.23. The summed E-state index contributed by atoms with van der Waals surface area (Å²) in [7, 11) is 0. The minimum absolute atomic E-state index is 0.914. The number of hydrogen-bond donors (Lipinski definition) is 0. The molecule has 0 aromatic heterocycles. The van der Waals surface area contributed by atoms with E-state index in [9.17, 15) is 0 Å². The van der Waals surface area contributed by atoms with E-state index in [1.165, 1.54) is 6.42 Å². The molecule has 0 atom stereocenters. The lowest BCUT2D eigenvalue weighted by Gasteiger charge is -2.14. The van der Waals surface area contributed by atoms with Gasteiger partial charge in [0, 0.05) is 6.54 Å². The molecule has 0 radical (unpaired) electrons. The van der Waals surface area contributed by atoms with E-state index in [0.717, 1.165) is 22.9 Å². The molecule has 1 saturated heterocycles. The van der Waals surface area contributed by atoms with Gasteiger partial charge in [-0.2, -0.15) is 0 Å². The van der Waals surface area contributed by atoms with Crippen molar-refractivity contribution in [2.24, 2.45) is 0 Å². The van der Waals surface area contributed by atoms with E-state index in [1.54, 1.807) is 0 Å². The molecule has 0 spiro atoms. The summed E-state index contributed by atoms with van der Waals surface area (Å²) >= 11 is 10.0. The van der Waals surface area contributed by atoms with Crippen LogP contribution in [-0.2, 0) is 0 Å². The van der Waals surface area contributed by atoms with Crippen molar-refractivity contribution in [2.45, 2.75) is 19.8 Å². The van der Waals surface area contributed by atoms with E-state index >= 15 is 0 Å². The Balaban J connectivity index is 2.60. The smallest absolute Gasteiger partial charge is 0.0828 e. The van der Waals surface area contributed by atoms with Gasteiger partial charge in [0.15, 0.2) is 0 Å². The van der Waals surface area contributed by atoms with E-state index in [4.69, 9.17) is 24.4 Å². The van der Waals surface area contributed by atoms with Crippen molar-refractivity contribution in [1.29, 1.82) is 0 Å². The number of thiocarbonyl (C=S) groups is 2. The molecule has 0 amide bonds. The second-order valence-electron chi connectivity index (χ2n) is 2.17. The molecule has 0 N–H and O–H groups in total. The Morgan fingerprint density at radius 3 is 2.56 bits per heavy atom. The summed E-state index contributed by atoms with van der Waals surface area (Å²) in [6.45, 7) is 2.96. The van der Waals surface area contributed by atoms with Gasteiger partial charge < -0.3 is 4.90 Å². The van der Waals surface area contributed by atoms with Crippen molar-refractivity contribution >= 4 is 34.4 Å². The maximum atomic E-state index is 5.06. The fourth-order valence-corrected chi connectivity index (χ4v) is 1.61. The molecule has 1 fully saturated rings. The lowest BCUT2D eigenvalue weighted by Crippen LogP contribution is -2.26. The van der Waals surface area contributed by atoms with Crippen LogP contribution >= 0.6 is 24.4 Å². The average molecular weight is 159 g/mol. The Bertz CT molecular complexity index is 153. The van der Waals surface area contributed by atoms with Crippen LogP contribution in [0.2, 0.25) is 0 Å². The van der Waals surface area contributed by atoms with Gasteiger partial charge in [0.2, 0.25) is 0 Å². The predicted molar refractivity (Wildman–Crippen MR) is 46.8 cm³/mol. The normalized spacial score (nSPS) is 18.8. The Morgan fingerprint density at radius 1 is 1.67 bits per heavy atom. The summed E-state index contributed by atoms with van der Waals surface area (Å²) in [5.74, 6) is 0. The average Bonchev–Trinajstić information content (AvgIpc) is 2.13. The Morgan fingerprint density at radius 2 is 2.33 bits per heavy atom. The minimum Gasteiger partial charge on any atom is -0.331 e. The lowest BCUT2D eigenvalue weighted by molar-refractivity contribution is 0.670. The van der Waals surface area contributed by atoms with Crippen LogP contribution in [0.3, 0.4) is 0 Å². The molecule has 3 heteroatoms. The topological polar surface area (TPSA) is 3.24 Å². The summed E-state index contributed by atoms with van der Waals surface area (Å²) in [6, 6.07) is 0. The first kappa shape index (κ1) is 7.09. The van der Waals surface area contributed by atoms with Crippen LogP contribution < -0.4 is 0 Å². The number of nitrogens with zero attached hydrogens (tertiary/aromatic N) is 1. The van der Waals surface area contributed by atoms with Crippen LogP contribution in [0.25, 0.3) is 0 Å². The highest BCUT2D eigenvalue weighted by Gasteiger charge is 2.16. The van der Waals surface area contributed by atoms with Crippen molar-refractivity contribution < 1.29 is 0 Å². The first-order valence-corrected chi connectivity index (χ1v) is 3.84. The molecule has 0 aromatic carbocycles. The Kier molecular flexibility index (Phi) is 2.13. The van der Waals surface area contributed by atoms with Gasteiger partial charge in [-0.3, -0.25) is 0 Å². The zero-order valence-corrected chi connectivity index (χ0v) is 7.02. The first-order valence-electron chi connectivity index (χ1n) is 3.03. The van der Waals surface area contributed by atoms with Crippen molar-refractivity contribution in [3.63, 3.8) is 0 Å². The van der Waals surface area contributed by atoms with Gasteiger partial charge in [-0.1, -0.05) is 24.4 Å². The molecule has 1 nitrogen and oxygen atoms in total. The molecule has 1 aliphatic rings. The fraction of sp³-hybridized carbons (Fsp3) is 0.667. The van der Waals surface area contributed by atoms with Gasteiger partial charge in [0.05, 0.1) is 9.98 Å². The van der Waals surface area contributed by atoms with Gasteiger partial charge >= 0.3 is 0 Å². The summed E-state index contributed by atoms with van der Waals surface area (Å²) in [4.78, 5) is 3.96. The molecule has 0 unspecified atom stereocenters. The highest BCUT2D eigenvalue weighted by Crippen LogP contribution is 2.11. The van der Waals surface area contributed by atoms with Crippen LogP contribution in [0.15, 0.2) is 0 Å². The largest absolute Gasteiger partial charge is 0.331 e. The molecule has 0 aliphatic carbocycles. The maximum absolute atomic E-state index is 5.06. The first-order chi connectivity index (χ1) is 4.22. The van der Waals surface area contributed by atoms with E-state index in [-0.39, 0.29) is 0 Å². The number of likely N-dealkylation sites (tertiary alicyclic amines) is 1. The van der Waals surface area contributed by atoms with Crippen LogP contribution in [0.4, 0.5) is 0 Å². The lowest BCUT2D eigenvalue weighted by atomic mass is 10.4. The highest BCUT2D eigenvalue weighted by molar-refractivity contribution is 7.81. The van der Waals surface area contributed by atoms with Crippen LogP contribution in [-0.4, -0.2) is 21.4 Å². The standard InChI is InChI=1S/C6H9NS2/c1-5(8)7-4-2-3-6(7)9/h2-4H2,1H3. The van der Waals surface area contributed by atoms with E-state index in [0.29, 0.717) is 0 Å². The van der Waals surface area contributed by atoms with Crippen molar-refractivity contribution in [3.05, 3.63) is 0 Å². The summed E-state index contributed by atoms with van der Waals surface area (Å²) in [5.41, 5.74) is 0. The van der Waals surface area contributed by atoms with E-state index < -0.39 is 0 Å². The minimum atomic E-state index is 0.914. The third-order valence-electron chi connectivity index (χ3n) is 1.45. The van der Waals surface area contributed by atoms with Crippen molar-refractivity contribution in [3.8, 4) is 0 Å². The molecule has 50 valence electrons. The third kappa shape index (κ3) is 1.46. The molecule has 1 aliphatic heterocycles. The second kappa shape index (κ2) is 2.71. The zero-order chi connectivity index (χ0) is 6.85. The summed E-state index contributed by atoms with van der Waals surface area (Å²) in [5, 5.41) is 0. The third-order valence-corrected chi connectivity index (χ3v) is 2.10. The number of rotatable bonds is 0. The van der Waals surface area contributed by atoms with Crippen molar-refractivity contribution in [2.75, 3.05) is 6.54 Å². The van der Waals surface area contributed by atoms with Gasteiger partial charge in [-0.25, -0.2) is 0 Å². The van der Waals surface area contributed by atoms with E-state index in [1.807, 2.05) is 11.8 Å². The highest BCUT2D eigenvalue weighted by atomic mass is 32.1. The predicted octanol–water partition coefficient (Wildman–Crippen LogP) is 1.76. The summed E-state index contributed by atoms with van der Waals surface area (Å²) < 4.78 is 0. The van der Waals surface area contributed by atoms with Crippen LogP contribution in [0.5, 0.6) is 0 Å². The van der Waals surface area contributed by atoms with Crippen LogP contribution in [0, 0.1) is 0 Å². The Hall–Kier alpha value is -0.0200. The SMILES string of the molecule is CC(=S)N1CCCC1=S. The van der Waals surface area contributed by atoms with Crippen molar-refractivity contribution in [1.82, 2.24) is 4.90 Å². The Labute approximate surface area is 66.0 Å². The zero-order valence-electron chi connectivity index (χ0n) is 5.39. The fourth-order valence-electron chi connectivity index (χ4n) is 0.981. The van der Waals surface area contributed by atoms with Crippen LogP contribution in [0.1, 0.15) is 19.8 Å². The molecule has 1 rings (SSSR count). The molecule has 0 bridgehead atoms. The molecule has 0 aromatic rings. The summed E-state index contributed by atoms with van der Waals surface area (Å²) in [6.07, 6.45) is 2.22. The molecule has 0 saturated carbocycles. The van der Waals surface area contributed by atoms with E-state index in [2.05, 4.69) is 0 Å². The maximum Gasteiger partial charge on any atom is 0.0828 e. The quantitative estimate of drug-likeness (QED) is 0.496. The van der Waals surface area contributed by atoms with Gasteiger partial charge in [0.25, 0.3) is 0 Å². The molecule has 9 heavy (non-hydrogen) atoms. The van der Waals surface area contributed by atoms with Gasteiger partial charge in [-0.15, -0.1) is 0 Å². The van der Waals surface area contributed by atoms with Gasteiger partial charge in [0.1, 0.15) is 0 Å². The van der Waals surface area contributed by atoms with Gasteiger partial charge in [-0.05, 0) is 19.8 Å².